The van der Waals surface area contributed by atoms with Gasteiger partial charge in [0.1, 0.15) is 5.82 Å². The zero-order chi connectivity index (χ0) is 35.1. The Morgan fingerprint density at radius 3 is 2.28 bits per heavy atom. The fraction of sp³-hybridized carbons (Fsp3) is 0.191. The number of pyridine rings is 1. The Balaban J connectivity index is 0.00000400. The SMILES string of the molecule is CCCCC1(CCCC)c2ccccc2-c2ccc(-c3cnn(-c4[c-]c(Oc5[c-]c6c(cc5)c5ccccc5n6-c5ccccn5)ccc4)c3)cc21.[Pd+2]. The van der Waals surface area contributed by atoms with Crippen molar-refractivity contribution in [1.82, 2.24) is 19.3 Å². The van der Waals surface area contributed by atoms with E-state index in [1.165, 1.54) is 66.3 Å². The molecule has 5 nitrogen and oxygen atoms in total. The van der Waals surface area contributed by atoms with E-state index in [4.69, 9.17) is 9.84 Å². The van der Waals surface area contributed by atoms with Gasteiger partial charge in [-0.1, -0.05) is 106 Å². The molecule has 6 heteroatoms. The van der Waals surface area contributed by atoms with Crippen LogP contribution in [0.5, 0.6) is 11.5 Å². The van der Waals surface area contributed by atoms with Gasteiger partial charge in [0.25, 0.3) is 0 Å². The van der Waals surface area contributed by atoms with Crippen LogP contribution in [0.3, 0.4) is 0 Å². The van der Waals surface area contributed by atoms with Gasteiger partial charge in [-0.25, -0.2) is 4.98 Å². The van der Waals surface area contributed by atoms with Crippen LogP contribution in [-0.4, -0.2) is 19.3 Å². The largest absolute Gasteiger partial charge is 2.00 e. The van der Waals surface area contributed by atoms with Crippen molar-refractivity contribution in [2.45, 2.75) is 57.8 Å². The van der Waals surface area contributed by atoms with Crippen molar-refractivity contribution in [1.29, 1.82) is 0 Å². The van der Waals surface area contributed by atoms with Gasteiger partial charge in [-0.15, -0.1) is 35.7 Å². The molecule has 53 heavy (non-hydrogen) atoms. The molecule has 0 aliphatic heterocycles. The first-order valence-electron chi connectivity index (χ1n) is 18.5. The number of rotatable bonds is 11. The second-order valence-corrected chi connectivity index (χ2v) is 13.9. The number of nitrogens with zero attached hydrogens (tertiary/aromatic N) is 4. The van der Waals surface area contributed by atoms with Crippen molar-refractivity contribution in [2.75, 3.05) is 0 Å². The minimum Gasteiger partial charge on any atom is -0.509 e. The van der Waals surface area contributed by atoms with Crippen molar-refractivity contribution >= 4 is 21.8 Å². The molecule has 0 radical (unpaired) electrons. The summed E-state index contributed by atoms with van der Waals surface area (Å²) in [4.78, 5) is 4.65. The molecule has 9 rings (SSSR count). The quantitative estimate of drug-likeness (QED) is 0.0969. The summed E-state index contributed by atoms with van der Waals surface area (Å²) < 4.78 is 10.4. The van der Waals surface area contributed by atoms with Crippen LogP contribution >= 0.6 is 0 Å². The molecule has 5 aromatic carbocycles. The summed E-state index contributed by atoms with van der Waals surface area (Å²) in [7, 11) is 0. The monoisotopic (exact) mass is 782 g/mol. The second-order valence-electron chi connectivity index (χ2n) is 13.9. The minimum absolute atomic E-state index is 0. The number of para-hydroxylation sites is 1. The number of aromatic nitrogens is 4. The average molecular weight is 783 g/mol. The molecule has 0 saturated heterocycles. The summed E-state index contributed by atoms with van der Waals surface area (Å²) in [5, 5.41) is 7.05. The van der Waals surface area contributed by atoms with Crippen LogP contribution in [0.4, 0.5) is 0 Å². The molecule has 0 spiro atoms. The molecule has 0 amide bonds. The summed E-state index contributed by atoms with van der Waals surface area (Å²) in [6.07, 6.45) is 13.0. The van der Waals surface area contributed by atoms with E-state index in [0.717, 1.165) is 38.9 Å². The third kappa shape index (κ3) is 6.10. The van der Waals surface area contributed by atoms with Crippen LogP contribution in [0.25, 0.3) is 55.6 Å². The molecule has 8 aromatic rings. The van der Waals surface area contributed by atoms with Gasteiger partial charge in [0.15, 0.2) is 0 Å². The molecule has 0 fully saturated rings. The summed E-state index contributed by atoms with van der Waals surface area (Å²) in [5.41, 5.74) is 10.9. The second kappa shape index (κ2) is 14.6. The van der Waals surface area contributed by atoms with Crippen LogP contribution < -0.4 is 4.74 Å². The number of benzene rings is 5. The first-order valence-corrected chi connectivity index (χ1v) is 18.5. The maximum absolute atomic E-state index is 6.41. The Bertz CT molecular complexity index is 2540. The summed E-state index contributed by atoms with van der Waals surface area (Å²) >= 11 is 0. The molecule has 3 heterocycles. The number of hydrogen-bond donors (Lipinski definition) is 0. The van der Waals surface area contributed by atoms with Crippen LogP contribution in [0, 0.1) is 12.1 Å². The predicted molar refractivity (Wildman–Crippen MR) is 211 cm³/mol. The van der Waals surface area contributed by atoms with Crippen LogP contribution in [0.15, 0.2) is 134 Å². The summed E-state index contributed by atoms with van der Waals surface area (Å²) in [6.45, 7) is 4.61. The maximum Gasteiger partial charge on any atom is 2.00 e. The molecular formula is C47H40N4OPd. The van der Waals surface area contributed by atoms with Gasteiger partial charge in [-0.2, -0.15) is 17.2 Å². The molecule has 1 aliphatic carbocycles. The van der Waals surface area contributed by atoms with Crippen LogP contribution in [0.2, 0.25) is 0 Å². The van der Waals surface area contributed by atoms with Crippen molar-refractivity contribution in [3.05, 3.63) is 157 Å². The molecule has 3 aromatic heterocycles. The van der Waals surface area contributed by atoms with Crippen LogP contribution in [0.1, 0.15) is 63.5 Å². The number of fused-ring (bicyclic) bond motifs is 6. The molecule has 0 unspecified atom stereocenters. The fourth-order valence-electron chi connectivity index (χ4n) is 8.26. The minimum atomic E-state index is 0. The zero-order valence-corrected chi connectivity index (χ0v) is 31.5. The molecule has 0 atom stereocenters. The normalized spacial score (nSPS) is 12.8. The van der Waals surface area contributed by atoms with Gasteiger partial charge in [0.2, 0.25) is 0 Å². The van der Waals surface area contributed by atoms with Gasteiger partial charge in [-0.05, 0) is 76.0 Å². The van der Waals surface area contributed by atoms with Crippen molar-refractivity contribution in [3.63, 3.8) is 0 Å². The van der Waals surface area contributed by atoms with E-state index in [-0.39, 0.29) is 25.8 Å². The van der Waals surface area contributed by atoms with E-state index in [0.29, 0.717) is 11.5 Å². The number of unbranched alkanes of at least 4 members (excludes halogenated alkanes) is 2. The Labute approximate surface area is 324 Å². The first kappa shape index (κ1) is 34.8. The first-order chi connectivity index (χ1) is 25.7. The third-order valence-electron chi connectivity index (χ3n) is 10.8. The molecule has 1 aliphatic rings. The Kier molecular flexibility index (Phi) is 9.60. The molecule has 0 bridgehead atoms. The van der Waals surface area contributed by atoms with Crippen molar-refractivity contribution in [3.8, 4) is 45.3 Å². The van der Waals surface area contributed by atoms with E-state index in [1.807, 2.05) is 59.5 Å². The smallest absolute Gasteiger partial charge is 0.509 e. The van der Waals surface area contributed by atoms with Gasteiger partial charge in [0, 0.05) is 40.4 Å². The van der Waals surface area contributed by atoms with Gasteiger partial charge in [-0.3, -0.25) is 4.68 Å². The predicted octanol–water partition coefficient (Wildman–Crippen LogP) is 12.1. The summed E-state index contributed by atoms with van der Waals surface area (Å²) in [6, 6.07) is 47.4. The van der Waals surface area contributed by atoms with Gasteiger partial charge < -0.3 is 9.30 Å². The molecule has 0 saturated carbocycles. The maximum atomic E-state index is 6.41. The number of hydrogen-bond acceptors (Lipinski definition) is 3. The van der Waals surface area contributed by atoms with E-state index < -0.39 is 0 Å². The molecular weight excluding hydrogens is 743 g/mol. The third-order valence-corrected chi connectivity index (χ3v) is 10.8. The average Bonchev–Trinajstić information content (AvgIpc) is 3.89. The Morgan fingerprint density at radius 1 is 0.679 bits per heavy atom. The van der Waals surface area contributed by atoms with Crippen molar-refractivity contribution < 1.29 is 25.2 Å². The van der Waals surface area contributed by atoms with E-state index >= 15 is 0 Å². The molecule has 0 N–H and O–H groups in total. The van der Waals surface area contributed by atoms with Crippen molar-refractivity contribution in [2.24, 2.45) is 0 Å². The van der Waals surface area contributed by atoms with E-state index in [1.54, 1.807) is 0 Å². The van der Waals surface area contributed by atoms with Gasteiger partial charge in [0.05, 0.1) is 6.20 Å². The topological polar surface area (TPSA) is 44.9 Å². The molecule has 264 valence electrons. The van der Waals surface area contributed by atoms with E-state index in [2.05, 4.69) is 115 Å². The van der Waals surface area contributed by atoms with E-state index in [9.17, 15) is 0 Å². The standard InChI is InChI=1S/C47H40N4O.Pd/c1-3-5-25-47(26-6-4-2)42-18-9-7-16-38(42)39-23-21-33(28-43(39)47)34-31-49-50(32-34)35-14-13-15-36(29-35)52-37-22-24-41-40-17-8-10-19-44(40)51(45(41)30-37)46-20-11-12-27-48-46;/h7-24,27-28,31-32H,3-6,25-26H2,1-2H3;/q-2;+2. The zero-order valence-electron chi connectivity index (χ0n) is 30.0. The summed E-state index contributed by atoms with van der Waals surface area (Å²) in [5.74, 6) is 2.04. The Morgan fingerprint density at radius 2 is 1.45 bits per heavy atom. The van der Waals surface area contributed by atoms with Gasteiger partial charge >= 0.3 is 20.4 Å². The van der Waals surface area contributed by atoms with Crippen LogP contribution in [-0.2, 0) is 25.8 Å². The fourth-order valence-corrected chi connectivity index (χ4v) is 8.26. The Hall–Kier alpha value is -5.28. The number of ether oxygens (including phenoxy) is 1.